The Labute approximate surface area is 205 Å². The van der Waals surface area contributed by atoms with E-state index in [4.69, 9.17) is 21.2 Å². The molecule has 35 heavy (non-hydrogen) atoms. The summed E-state index contributed by atoms with van der Waals surface area (Å²) in [6.07, 6.45) is 6.33. The van der Waals surface area contributed by atoms with Gasteiger partial charge < -0.3 is 26.4 Å². The minimum atomic E-state index is -0.647. The smallest absolute Gasteiger partial charge is 0.271 e. The molecule has 1 saturated carbocycles. The summed E-state index contributed by atoms with van der Waals surface area (Å²) in [5.74, 6) is 0.0598. The van der Waals surface area contributed by atoms with Crippen LogP contribution in [0.4, 0.5) is 17.2 Å². The van der Waals surface area contributed by atoms with E-state index in [0.29, 0.717) is 17.4 Å². The molecule has 5 rings (SSSR count). The first kappa shape index (κ1) is 23.1. The van der Waals surface area contributed by atoms with E-state index in [0.717, 1.165) is 68.6 Å². The van der Waals surface area contributed by atoms with Crippen LogP contribution >= 0.6 is 0 Å². The van der Waals surface area contributed by atoms with Gasteiger partial charge in [0.25, 0.3) is 5.91 Å². The number of hydrogen-bond acceptors (Lipinski definition) is 7. The highest BCUT2D eigenvalue weighted by molar-refractivity contribution is 5.97. The number of amides is 1. The van der Waals surface area contributed by atoms with Crippen molar-refractivity contribution in [1.29, 1.82) is 0 Å². The zero-order valence-corrected chi connectivity index (χ0v) is 19.8. The topological polar surface area (TPSA) is 119 Å². The van der Waals surface area contributed by atoms with Crippen LogP contribution in [0.15, 0.2) is 54.6 Å². The van der Waals surface area contributed by atoms with Crippen LogP contribution in [0.25, 0.3) is 11.3 Å². The predicted molar refractivity (Wildman–Crippen MR) is 138 cm³/mol. The maximum absolute atomic E-state index is 12.4. The molecule has 8 nitrogen and oxygen atoms in total. The summed E-state index contributed by atoms with van der Waals surface area (Å²) < 4.78 is 6.30. The molecule has 3 aromatic rings. The summed E-state index contributed by atoms with van der Waals surface area (Å²) in [7, 11) is 0. The van der Waals surface area contributed by atoms with Crippen molar-refractivity contribution in [3.8, 4) is 17.1 Å². The predicted octanol–water partition coefficient (Wildman–Crippen LogP) is 4.24. The third-order valence-corrected chi connectivity index (χ3v) is 6.76. The van der Waals surface area contributed by atoms with E-state index in [1.807, 2.05) is 42.5 Å². The Morgan fingerprint density at radius 1 is 0.943 bits per heavy atom. The molecule has 1 saturated heterocycles. The maximum atomic E-state index is 12.4. The zero-order valence-electron chi connectivity index (χ0n) is 19.8. The van der Waals surface area contributed by atoms with Crippen LogP contribution in [0, 0.1) is 0 Å². The Bertz CT molecular complexity index is 1150. The maximum Gasteiger partial charge on any atom is 0.271 e. The van der Waals surface area contributed by atoms with Crippen LogP contribution in [0.1, 0.15) is 49.0 Å². The van der Waals surface area contributed by atoms with Gasteiger partial charge in [-0.15, -0.1) is 0 Å². The Hall–Kier alpha value is -3.65. The molecule has 0 bridgehead atoms. The Morgan fingerprint density at radius 2 is 1.63 bits per heavy atom. The van der Waals surface area contributed by atoms with Gasteiger partial charge in [0, 0.05) is 36.1 Å². The molecule has 182 valence electrons. The minimum absolute atomic E-state index is 0.0803. The number of nitrogens with one attached hydrogen (secondary N) is 1. The van der Waals surface area contributed by atoms with E-state index in [1.54, 1.807) is 0 Å². The molecule has 0 spiro atoms. The summed E-state index contributed by atoms with van der Waals surface area (Å²) in [4.78, 5) is 24.1. The third kappa shape index (κ3) is 5.38. The van der Waals surface area contributed by atoms with Crippen molar-refractivity contribution >= 4 is 23.1 Å². The average molecular weight is 473 g/mol. The lowest BCUT2D eigenvalue weighted by Crippen LogP contribution is -2.39. The van der Waals surface area contributed by atoms with E-state index in [9.17, 15) is 4.79 Å². The second kappa shape index (κ2) is 10.3. The second-order valence-electron chi connectivity index (χ2n) is 9.33. The molecule has 1 aliphatic carbocycles. The number of carbonyl (C=O) groups excluding carboxylic acids is 1. The Morgan fingerprint density at radius 3 is 2.29 bits per heavy atom. The minimum Gasteiger partial charge on any atom is -0.473 e. The van der Waals surface area contributed by atoms with Gasteiger partial charge in [-0.1, -0.05) is 30.3 Å². The number of primary amides is 1. The molecule has 5 N–H and O–H groups in total. The van der Waals surface area contributed by atoms with Gasteiger partial charge in [0.2, 0.25) is 5.88 Å². The molecule has 0 atom stereocenters. The second-order valence-corrected chi connectivity index (χ2v) is 9.33. The lowest BCUT2D eigenvalue weighted by Gasteiger charge is -2.32. The Kier molecular flexibility index (Phi) is 6.81. The van der Waals surface area contributed by atoms with Crippen molar-refractivity contribution < 1.29 is 9.53 Å². The molecule has 1 amide bonds. The largest absolute Gasteiger partial charge is 0.473 e. The summed E-state index contributed by atoms with van der Waals surface area (Å²) in [6, 6.07) is 18.0. The number of aromatic nitrogens is 2. The van der Waals surface area contributed by atoms with Crippen molar-refractivity contribution in [2.24, 2.45) is 11.5 Å². The number of hydrogen-bond donors (Lipinski definition) is 3. The molecule has 2 aromatic carbocycles. The summed E-state index contributed by atoms with van der Waals surface area (Å²) in [5.41, 5.74) is 15.1. The number of anilines is 3. The van der Waals surface area contributed by atoms with Crippen LogP contribution in [-0.2, 0) is 0 Å². The normalized spacial score (nSPS) is 16.9. The number of piperidine rings is 1. The summed E-state index contributed by atoms with van der Waals surface area (Å²) in [5, 5.41) is 3.24. The van der Waals surface area contributed by atoms with Crippen LogP contribution in [0.3, 0.4) is 0 Å². The Balaban J connectivity index is 1.45. The van der Waals surface area contributed by atoms with Gasteiger partial charge >= 0.3 is 0 Å². The quantitative estimate of drug-likeness (QED) is 0.471. The summed E-state index contributed by atoms with van der Waals surface area (Å²) >= 11 is 0. The lowest BCUT2D eigenvalue weighted by molar-refractivity contribution is 0.0996. The van der Waals surface area contributed by atoms with E-state index in [2.05, 4.69) is 27.3 Å². The van der Waals surface area contributed by atoms with Crippen LogP contribution in [0.5, 0.6) is 5.88 Å². The first-order valence-electron chi connectivity index (χ1n) is 12.4. The van der Waals surface area contributed by atoms with E-state index in [-0.39, 0.29) is 17.8 Å². The van der Waals surface area contributed by atoms with Gasteiger partial charge in [-0.25, -0.2) is 4.98 Å². The lowest BCUT2D eigenvalue weighted by atomic mass is 10.1. The van der Waals surface area contributed by atoms with E-state index >= 15 is 0 Å². The number of rotatable bonds is 7. The number of carbonyl (C=O) groups is 1. The number of benzene rings is 2. The fourth-order valence-electron chi connectivity index (χ4n) is 4.76. The highest BCUT2D eigenvalue weighted by atomic mass is 16.5. The zero-order chi connectivity index (χ0) is 24.2. The monoisotopic (exact) mass is 472 g/mol. The van der Waals surface area contributed by atoms with Gasteiger partial charge in [0.15, 0.2) is 11.5 Å². The molecule has 1 aliphatic heterocycles. The van der Waals surface area contributed by atoms with Crippen LogP contribution < -0.4 is 26.4 Å². The van der Waals surface area contributed by atoms with Crippen molar-refractivity contribution in [1.82, 2.24) is 9.97 Å². The fourth-order valence-corrected chi connectivity index (χ4v) is 4.76. The van der Waals surface area contributed by atoms with Gasteiger partial charge in [-0.3, -0.25) is 4.79 Å². The standard InChI is InChI=1S/C27H32N6O2/c28-19-14-16-33(17-15-19)21-12-10-20(11-13-21)30-26-24(25(29)34)31-23(18-6-2-1-3-7-18)27(32-26)35-22-8-4-5-9-22/h1-3,6-7,10-13,19,22H,4-5,8-9,14-17,28H2,(H2,29,34)(H,30,32). The molecular formula is C27H32N6O2. The van der Waals surface area contributed by atoms with Crippen molar-refractivity contribution in [3.05, 3.63) is 60.3 Å². The van der Waals surface area contributed by atoms with Gasteiger partial charge in [0.05, 0.1) is 0 Å². The van der Waals surface area contributed by atoms with Crippen molar-refractivity contribution in [2.45, 2.75) is 50.7 Å². The van der Waals surface area contributed by atoms with Gasteiger partial charge in [0.1, 0.15) is 11.8 Å². The molecule has 1 aromatic heterocycles. The van der Waals surface area contributed by atoms with Crippen molar-refractivity contribution in [3.63, 3.8) is 0 Å². The number of ether oxygens (including phenoxy) is 1. The van der Waals surface area contributed by atoms with Crippen LogP contribution in [0.2, 0.25) is 0 Å². The molecular weight excluding hydrogens is 440 g/mol. The van der Waals surface area contributed by atoms with E-state index in [1.165, 1.54) is 0 Å². The molecule has 2 aliphatic rings. The molecule has 0 radical (unpaired) electrons. The fraction of sp³-hybridized carbons (Fsp3) is 0.370. The van der Waals surface area contributed by atoms with E-state index < -0.39 is 5.91 Å². The van der Waals surface area contributed by atoms with Gasteiger partial charge in [-0.05, 0) is 62.8 Å². The third-order valence-electron chi connectivity index (χ3n) is 6.76. The highest BCUT2D eigenvalue weighted by Gasteiger charge is 2.24. The molecule has 2 heterocycles. The van der Waals surface area contributed by atoms with Gasteiger partial charge in [-0.2, -0.15) is 4.98 Å². The molecule has 8 heteroatoms. The average Bonchev–Trinajstić information content (AvgIpc) is 3.39. The first-order chi connectivity index (χ1) is 17.1. The SMILES string of the molecule is NC(=O)c1nc(-c2ccccc2)c(OC2CCCC2)nc1Nc1ccc(N2CCC(N)CC2)cc1. The summed E-state index contributed by atoms with van der Waals surface area (Å²) in [6.45, 7) is 1.90. The molecule has 0 unspecified atom stereocenters. The highest BCUT2D eigenvalue weighted by Crippen LogP contribution is 2.33. The number of nitrogens with zero attached hydrogens (tertiary/aromatic N) is 3. The molecule has 2 fully saturated rings. The first-order valence-corrected chi connectivity index (χ1v) is 12.4. The van der Waals surface area contributed by atoms with Crippen LogP contribution in [-0.4, -0.2) is 41.1 Å². The van der Waals surface area contributed by atoms with Crippen molar-refractivity contribution in [2.75, 3.05) is 23.3 Å². The number of nitrogens with two attached hydrogens (primary N) is 2.